The first-order valence-electron chi connectivity index (χ1n) is 8.82. The highest BCUT2D eigenvalue weighted by Gasteiger charge is 2.35. The summed E-state index contributed by atoms with van der Waals surface area (Å²) in [5.41, 5.74) is 3.71. The Bertz CT molecular complexity index is 643. The molecule has 1 aliphatic rings. The fourth-order valence-corrected chi connectivity index (χ4v) is 3.23. The second kappa shape index (κ2) is 7.37. The number of hydrogen-bond donors (Lipinski definition) is 0. The van der Waals surface area contributed by atoms with Gasteiger partial charge in [0.1, 0.15) is 6.10 Å². The smallest absolute Gasteiger partial charge is 0.320 e. The van der Waals surface area contributed by atoms with E-state index in [4.69, 9.17) is 9.47 Å². The molecule has 0 amide bonds. The quantitative estimate of drug-likeness (QED) is 0.726. The number of ether oxygens (including phenoxy) is 2. The van der Waals surface area contributed by atoms with E-state index in [-0.39, 0.29) is 17.6 Å². The third-order valence-electron chi connectivity index (χ3n) is 4.87. The fourth-order valence-electron chi connectivity index (χ4n) is 3.23. The SMILES string of the molecule is CCC(CC)Oc1ccnc(OC2C(C)=C(C)C(C)=CC2(C)C)n1. The normalized spacial score (nSPS) is 20.2. The molecule has 0 N–H and O–H groups in total. The highest BCUT2D eigenvalue weighted by atomic mass is 16.5. The van der Waals surface area contributed by atoms with Gasteiger partial charge in [-0.05, 0) is 44.8 Å². The van der Waals surface area contributed by atoms with Crippen LogP contribution in [0.15, 0.2) is 35.1 Å². The van der Waals surface area contributed by atoms with E-state index < -0.39 is 0 Å². The molecule has 0 aliphatic heterocycles. The minimum Gasteiger partial charge on any atom is -0.474 e. The third kappa shape index (κ3) is 3.97. The van der Waals surface area contributed by atoms with Crippen molar-refractivity contribution >= 4 is 0 Å². The molecule has 0 bridgehead atoms. The van der Waals surface area contributed by atoms with Crippen molar-refractivity contribution in [1.82, 2.24) is 9.97 Å². The summed E-state index contributed by atoms with van der Waals surface area (Å²) in [7, 11) is 0. The van der Waals surface area contributed by atoms with E-state index >= 15 is 0 Å². The van der Waals surface area contributed by atoms with Crippen LogP contribution in [0.3, 0.4) is 0 Å². The van der Waals surface area contributed by atoms with Gasteiger partial charge in [0.25, 0.3) is 0 Å². The summed E-state index contributed by atoms with van der Waals surface area (Å²) in [4.78, 5) is 8.73. The van der Waals surface area contributed by atoms with Crippen molar-refractivity contribution in [2.24, 2.45) is 5.41 Å². The molecule has 1 heterocycles. The Morgan fingerprint density at radius 1 is 1.17 bits per heavy atom. The van der Waals surface area contributed by atoms with Crippen LogP contribution in [0.5, 0.6) is 11.9 Å². The molecular formula is C20H30N2O2. The second-order valence-corrected chi connectivity index (χ2v) is 7.19. The van der Waals surface area contributed by atoms with Gasteiger partial charge in [0, 0.05) is 17.7 Å². The fraction of sp³-hybridized carbons (Fsp3) is 0.600. The Morgan fingerprint density at radius 3 is 2.46 bits per heavy atom. The molecule has 2 rings (SSSR count). The van der Waals surface area contributed by atoms with Crippen molar-refractivity contribution in [2.45, 2.75) is 73.5 Å². The standard InChI is InChI=1S/C20H30N2O2/c1-8-16(9-2)23-17-10-11-21-19(22-17)24-18-15(5)14(4)13(3)12-20(18,6)7/h10-12,16,18H,8-9H2,1-7H3. The summed E-state index contributed by atoms with van der Waals surface area (Å²) >= 11 is 0. The van der Waals surface area contributed by atoms with E-state index in [9.17, 15) is 0 Å². The summed E-state index contributed by atoms with van der Waals surface area (Å²) in [5, 5.41) is 0. The molecule has 1 aromatic heterocycles. The molecule has 1 atom stereocenters. The zero-order valence-electron chi connectivity index (χ0n) is 16.0. The van der Waals surface area contributed by atoms with Gasteiger partial charge < -0.3 is 9.47 Å². The number of hydrogen-bond acceptors (Lipinski definition) is 4. The van der Waals surface area contributed by atoms with Crippen molar-refractivity contribution in [3.8, 4) is 11.9 Å². The molecule has 1 aromatic rings. The molecule has 1 aliphatic carbocycles. The first-order chi connectivity index (χ1) is 11.3. The van der Waals surface area contributed by atoms with Gasteiger partial charge in [-0.1, -0.05) is 39.3 Å². The molecule has 24 heavy (non-hydrogen) atoms. The Morgan fingerprint density at radius 2 is 1.83 bits per heavy atom. The Kier molecular flexibility index (Phi) is 5.68. The predicted octanol–water partition coefficient (Wildman–Crippen LogP) is 5.11. The van der Waals surface area contributed by atoms with Crippen LogP contribution in [0, 0.1) is 5.41 Å². The number of rotatable bonds is 6. The summed E-state index contributed by atoms with van der Waals surface area (Å²) in [6, 6.07) is 2.16. The lowest BCUT2D eigenvalue weighted by Gasteiger charge is -2.37. The van der Waals surface area contributed by atoms with Crippen molar-refractivity contribution in [1.29, 1.82) is 0 Å². The van der Waals surface area contributed by atoms with E-state index in [1.165, 1.54) is 16.7 Å². The van der Waals surface area contributed by atoms with Crippen molar-refractivity contribution in [3.05, 3.63) is 35.1 Å². The highest BCUT2D eigenvalue weighted by Crippen LogP contribution is 2.39. The zero-order valence-corrected chi connectivity index (χ0v) is 16.0. The molecule has 0 aromatic carbocycles. The summed E-state index contributed by atoms with van der Waals surface area (Å²) in [5.74, 6) is 0.576. The number of allylic oxidation sites excluding steroid dienone is 2. The Labute approximate surface area is 146 Å². The van der Waals surface area contributed by atoms with E-state index in [2.05, 4.69) is 64.5 Å². The van der Waals surface area contributed by atoms with Crippen LogP contribution in [-0.4, -0.2) is 22.2 Å². The van der Waals surface area contributed by atoms with Crippen LogP contribution in [-0.2, 0) is 0 Å². The Balaban J connectivity index is 2.22. The van der Waals surface area contributed by atoms with Gasteiger partial charge >= 0.3 is 6.01 Å². The molecular weight excluding hydrogens is 300 g/mol. The van der Waals surface area contributed by atoms with Gasteiger partial charge in [0.05, 0.1) is 6.10 Å². The zero-order chi connectivity index (χ0) is 17.9. The highest BCUT2D eigenvalue weighted by molar-refractivity contribution is 5.40. The molecule has 0 saturated heterocycles. The molecule has 1 unspecified atom stereocenters. The minimum atomic E-state index is -0.108. The van der Waals surface area contributed by atoms with Gasteiger partial charge in [-0.15, -0.1) is 0 Å². The second-order valence-electron chi connectivity index (χ2n) is 7.19. The lowest BCUT2D eigenvalue weighted by Crippen LogP contribution is -2.37. The molecule has 0 saturated carbocycles. The van der Waals surface area contributed by atoms with Crippen molar-refractivity contribution in [3.63, 3.8) is 0 Å². The maximum atomic E-state index is 6.19. The first-order valence-corrected chi connectivity index (χ1v) is 8.82. The molecule has 0 radical (unpaired) electrons. The molecule has 4 nitrogen and oxygen atoms in total. The van der Waals surface area contributed by atoms with Gasteiger partial charge in [0.15, 0.2) is 0 Å². The average Bonchev–Trinajstić information content (AvgIpc) is 2.55. The first kappa shape index (κ1) is 18.5. The molecule has 132 valence electrons. The van der Waals surface area contributed by atoms with Gasteiger partial charge in [-0.25, -0.2) is 4.98 Å². The van der Waals surface area contributed by atoms with E-state index in [1.807, 2.05) is 0 Å². The molecule has 0 fully saturated rings. The third-order valence-corrected chi connectivity index (χ3v) is 4.87. The van der Waals surface area contributed by atoms with Crippen LogP contribution in [0.1, 0.15) is 61.3 Å². The van der Waals surface area contributed by atoms with Crippen molar-refractivity contribution < 1.29 is 9.47 Å². The lowest BCUT2D eigenvalue weighted by molar-refractivity contribution is 0.119. The average molecular weight is 330 g/mol. The van der Waals surface area contributed by atoms with Crippen LogP contribution in [0.25, 0.3) is 0 Å². The monoisotopic (exact) mass is 330 g/mol. The maximum Gasteiger partial charge on any atom is 0.320 e. The maximum absolute atomic E-state index is 6.19. The van der Waals surface area contributed by atoms with E-state index in [0.717, 1.165) is 12.8 Å². The summed E-state index contributed by atoms with van der Waals surface area (Å²) in [6.07, 6.45) is 5.97. The van der Waals surface area contributed by atoms with Crippen LogP contribution < -0.4 is 9.47 Å². The van der Waals surface area contributed by atoms with Crippen LogP contribution >= 0.6 is 0 Å². The largest absolute Gasteiger partial charge is 0.474 e. The Hall–Kier alpha value is -1.84. The van der Waals surface area contributed by atoms with Gasteiger partial charge in [-0.2, -0.15) is 4.98 Å². The predicted molar refractivity (Wildman–Crippen MR) is 97.4 cm³/mol. The van der Waals surface area contributed by atoms with Crippen LogP contribution in [0.4, 0.5) is 0 Å². The van der Waals surface area contributed by atoms with E-state index in [1.54, 1.807) is 12.3 Å². The number of nitrogens with zero attached hydrogens (tertiary/aromatic N) is 2. The topological polar surface area (TPSA) is 44.2 Å². The molecule has 0 spiro atoms. The van der Waals surface area contributed by atoms with Crippen molar-refractivity contribution in [2.75, 3.05) is 0 Å². The number of aromatic nitrogens is 2. The van der Waals surface area contributed by atoms with Crippen LogP contribution in [0.2, 0.25) is 0 Å². The lowest BCUT2D eigenvalue weighted by atomic mass is 9.74. The molecule has 4 heteroatoms. The van der Waals surface area contributed by atoms with Gasteiger partial charge in [-0.3, -0.25) is 0 Å². The minimum absolute atomic E-state index is 0.0791. The van der Waals surface area contributed by atoms with Gasteiger partial charge in [0.2, 0.25) is 5.88 Å². The summed E-state index contributed by atoms with van der Waals surface area (Å²) < 4.78 is 12.1. The van der Waals surface area contributed by atoms with E-state index in [0.29, 0.717) is 11.9 Å². The summed E-state index contributed by atoms with van der Waals surface area (Å²) in [6.45, 7) is 15.0.